The third-order valence-electron chi connectivity index (χ3n) is 3.89. The molecular formula is C18H17NO2. The Hall–Kier alpha value is -2.55. The number of hydrogen-bond donors (Lipinski definition) is 1. The van der Waals surface area contributed by atoms with Crippen LogP contribution in [0.5, 0.6) is 0 Å². The number of aryl methyl sites for hydroxylation is 1. The van der Waals surface area contributed by atoms with Gasteiger partial charge in [-0.15, -0.1) is 0 Å². The standard InChI is InChI=1S/C18H17NO2/c1-12(18(20)21)13-3-5-14(6-4-13)15-7-8-16-10-19(2)11-17(16)9-15/h3-12H,1-2H3,(H,20,21). The Morgan fingerprint density at radius 2 is 1.62 bits per heavy atom. The average Bonchev–Trinajstić information content (AvgIpc) is 2.85. The highest BCUT2D eigenvalue weighted by molar-refractivity contribution is 5.87. The van der Waals surface area contributed by atoms with Crippen molar-refractivity contribution in [2.75, 3.05) is 0 Å². The molecule has 3 heteroatoms. The van der Waals surface area contributed by atoms with E-state index in [1.807, 2.05) is 35.9 Å². The maximum Gasteiger partial charge on any atom is 0.310 e. The van der Waals surface area contributed by atoms with Crippen molar-refractivity contribution in [2.24, 2.45) is 7.05 Å². The number of rotatable bonds is 3. The lowest BCUT2D eigenvalue weighted by atomic mass is 9.97. The Morgan fingerprint density at radius 3 is 2.29 bits per heavy atom. The molecule has 0 aliphatic carbocycles. The van der Waals surface area contributed by atoms with Crippen LogP contribution in [0.4, 0.5) is 0 Å². The molecule has 21 heavy (non-hydrogen) atoms. The van der Waals surface area contributed by atoms with Crippen molar-refractivity contribution in [2.45, 2.75) is 12.8 Å². The zero-order chi connectivity index (χ0) is 15.0. The van der Waals surface area contributed by atoms with Crippen molar-refractivity contribution in [1.29, 1.82) is 0 Å². The Labute approximate surface area is 123 Å². The van der Waals surface area contributed by atoms with Gasteiger partial charge in [0.05, 0.1) is 5.92 Å². The first kappa shape index (κ1) is 13.4. The second-order valence-electron chi connectivity index (χ2n) is 5.45. The van der Waals surface area contributed by atoms with E-state index in [0.29, 0.717) is 0 Å². The highest BCUT2D eigenvalue weighted by Crippen LogP contribution is 2.26. The summed E-state index contributed by atoms with van der Waals surface area (Å²) >= 11 is 0. The van der Waals surface area contributed by atoms with Crippen LogP contribution in [0.2, 0.25) is 0 Å². The highest BCUT2D eigenvalue weighted by atomic mass is 16.4. The summed E-state index contributed by atoms with van der Waals surface area (Å²) in [7, 11) is 2.02. The Balaban J connectivity index is 1.96. The molecule has 0 fully saturated rings. The van der Waals surface area contributed by atoms with E-state index in [9.17, 15) is 4.79 Å². The smallest absolute Gasteiger partial charge is 0.310 e. The van der Waals surface area contributed by atoms with Crippen molar-refractivity contribution < 1.29 is 9.90 Å². The minimum Gasteiger partial charge on any atom is -0.481 e. The molecule has 1 aromatic heterocycles. The molecule has 1 atom stereocenters. The van der Waals surface area contributed by atoms with Crippen LogP contribution in [0, 0.1) is 0 Å². The van der Waals surface area contributed by atoms with Crippen LogP contribution in [0.15, 0.2) is 54.9 Å². The van der Waals surface area contributed by atoms with Crippen LogP contribution < -0.4 is 0 Å². The van der Waals surface area contributed by atoms with Gasteiger partial charge in [0.25, 0.3) is 0 Å². The van der Waals surface area contributed by atoms with E-state index >= 15 is 0 Å². The average molecular weight is 279 g/mol. The highest BCUT2D eigenvalue weighted by Gasteiger charge is 2.13. The number of fused-ring (bicyclic) bond motifs is 1. The molecule has 0 bridgehead atoms. The molecule has 3 nitrogen and oxygen atoms in total. The normalized spacial score (nSPS) is 12.5. The predicted molar refractivity (Wildman–Crippen MR) is 84.4 cm³/mol. The van der Waals surface area contributed by atoms with E-state index in [1.54, 1.807) is 6.92 Å². The molecule has 0 saturated heterocycles. The van der Waals surface area contributed by atoms with Gasteiger partial charge >= 0.3 is 5.97 Å². The summed E-state index contributed by atoms with van der Waals surface area (Å²) in [6.07, 6.45) is 4.19. The third kappa shape index (κ3) is 2.55. The quantitative estimate of drug-likeness (QED) is 0.786. The molecule has 1 N–H and O–H groups in total. The molecule has 106 valence electrons. The van der Waals surface area contributed by atoms with Crippen LogP contribution in [0.1, 0.15) is 18.4 Å². The van der Waals surface area contributed by atoms with Crippen molar-refractivity contribution in [3.8, 4) is 11.1 Å². The van der Waals surface area contributed by atoms with Gasteiger partial charge < -0.3 is 9.67 Å². The molecule has 0 aliphatic rings. The summed E-state index contributed by atoms with van der Waals surface area (Å²) < 4.78 is 2.05. The van der Waals surface area contributed by atoms with Crippen molar-refractivity contribution in [3.63, 3.8) is 0 Å². The van der Waals surface area contributed by atoms with E-state index in [1.165, 1.54) is 10.8 Å². The van der Waals surface area contributed by atoms with Crippen molar-refractivity contribution in [3.05, 3.63) is 60.4 Å². The Kier molecular flexibility index (Phi) is 3.26. The molecule has 3 rings (SSSR count). The van der Waals surface area contributed by atoms with E-state index in [0.717, 1.165) is 16.7 Å². The summed E-state index contributed by atoms with van der Waals surface area (Å²) in [4.78, 5) is 11.0. The first-order valence-electron chi connectivity index (χ1n) is 6.93. The molecule has 3 aromatic rings. The van der Waals surface area contributed by atoms with E-state index in [2.05, 4.69) is 30.6 Å². The summed E-state index contributed by atoms with van der Waals surface area (Å²) in [6, 6.07) is 14.1. The lowest BCUT2D eigenvalue weighted by Crippen LogP contribution is -2.06. The Morgan fingerprint density at radius 1 is 1.00 bits per heavy atom. The lowest BCUT2D eigenvalue weighted by Gasteiger charge is -2.08. The first-order valence-corrected chi connectivity index (χ1v) is 6.93. The number of carboxylic acid groups (broad SMARTS) is 1. The van der Waals surface area contributed by atoms with E-state index < -0.39 is 11.9 Å². The van der Waals surface area contributed by atoms with Gasteiger partial charge in [0.1, 0.15) is 0 Å². The van der Waals surface area contributed by atoms with Crippen LogP contribution in [-0.4, -0.2) is 15.6 Å². The molecular weight excluding hydrogens is 262 g/mol. The maximum absolute atomic E-state index is 11.0. The summed E-state index contributed by atoms with van der Waals surface area (Å²) in [5.41, 5.74) is 3.07. The fourth-order valence-corrected chi connectivity index (χ4v) is 2.57. The second kappa shape index (κ2) is 5.09. The van der Waals surface area contributed by atoms with Crippen molar-refractivity contribution >= 4 is 16.7 Å². The van der Waals surface area contributed by atoms with E-state index in [4.69, 9.17) is 5.11 Å². The van der Waals surface area contributed by atoms with Gasteiger partial charge in [-0.2, -0.15) is 0 Å². The number of carboxylic acids is 1. The number of hydrogen-bond acceptors (Lipinski definition) is 1. The number of aromatic nitrogens is 1. The van der Waals surface area contributed by atoms with Gasteiger partial charge in [-0.25, -0.2) is 0 Å². The third-order valence-corrected chi connectivity index (χ3v) is 3.89. The fourth-order valence-electron chi connectivity index (χ4n) is 2.57. The van der Waals surface area contributed by atoms with Crippen LogP contribution in [0.25, 0.3) is 21.9 Å². The lowest BCUT2D eigenvalue weighted by molar-refractivity contribution is -0.138. The summed E-state index contributed by atoms with van der Waals surface area (Å²) in [5.74, 6) is -1.27. The molecule has 1 unspecified atom stereocenters. The zero-order valence-corrected chi connectivity index (χ0v) is 12.1. The molecule has 1 heterocycles. The topological polar surface area (TPSA) is 42.2 Å². The predicted octanol–water partition coefficient (Wildman–Crippen LogP) is 4.03. The second-order valence-corrected chi connectivity index (χ2v) is 5.45. The summed E-state index contributed by atoms with van der Waals surface area (Å²) in [6.45, 7) is 1.70. The molecule has 0 saturated carbocycles. The number of aliphatic carboxylic acids is 1. The minimum atomic E-state index is -0.798. The molecule has 2 aromatic carbocycles. The number of benzene rings is 2. The molecule has 0 aliphatic heterocycles. The molecule has 0 spiro atoms. The van der Waals surface area contributed by atoms with Gasteiger partial charge in [0, 0.05) is 19.4 Å². The fraction of sp³-hybridized carbons (Fsp3) is 0.167. The zero-order valence-electron chi connectivity index (χ0n) is 12.1. The van der Waals surface area contributed by atoms with Gasteiger partial charge in [0.2, 0.25) is 0 Å². The van der Waals surface area contributed by atoms with Gasteiger partial charge in [-0.05, 0) is 40.5 Å². The van der Waals surface area contributed by atoms with Crippen LogP contribution in [-0.2, 0) is 11.8 Å². The number of nitrogens with zero attached hydrogens (tertiary/aromatic N) is 1. The monoisotopic (exact) mass is 279 g/mol. The largest absolute Gasteiger partial charge is 0.481 e. The maximum atomic E-state index is 11.0. The van der Waals surface area contributed by atoms with Gasteiger partial charge in [-0.3, -0.25) is 4.79 Å². The molecule has 0 radical (unpaired) electrons. The van der Waals surface area contributed by atoms with E-state index in [-0.39, 0.29) is 0 Å². The number of carbonyl (C=O) groups is 1. The Bertz CT molecular complexity index is 800. The summed E-state index contributed by atoms with van der Waals surface area (Å²) in [5, 5.41) is 11.5. The van der Waals surface area contributed by atoms with Gasteiger partial charge in [0.15, 0.2) is 0 Å². The minimum absolute atomic E-state index is 0.476. The van der Waals surface area contributed by atoms with Gasteiger partial charge in [-0.1, -0.05) is 36.4 Å². The van der Waals surface area contributed by atoms with Crippen LogP contribution >= 0.6 is 0 Å². The van der Waals surface area contributed by atoms with Crippen molar-refractivity contribution in [1.82, 2.24) is 4.57 Å². The molecule has 0 amide bonds. The van der Waals surface area contributed by atoms with Crippen LogP contribution in [0.3, 0.4) is 0 Å². The first-order chi connectivity index (χ1) is 10.0. The SMILES string of the molecule is CC(C(=O)O)c1ccc(-c2ccc3cn(C)cc3c2)cc1.